The van der Waals surface area contributed by atoms with Crippen molar-refractivity contribution in [2.24, 2.45) is 11.8 Å². The molecule has 31 heavy (non-hydrogen) atoms. The molecule has 1 aliphatic carbocycles. The number of rotatable bonds is 10. The molecule has 10 heteroatoms. The predicted molar refractivity (Wildman–Crippen MR) is 111 cm³/mol. The molecule has 3 N–H and O–H groups in total. The Hall–Kier alpha value is -2.75. The quantitative estimate of drug-likeness (QED) is 0.291. The summed E-state index contributed by atoms with van der Waals surface area (Å²) in [6.45, 7) is 2.07. The van der Waals surface area contributed by atoms with E-state index in [9.17, 15) is 14.4 Å². The fourth-order valence-electron chi connectivity index (χ4n) is 4.83. The van der Waals surface area contributed by atoms with Gasteiger partial charge in [0.1, 0.15) is 6.04 Å². The zero-order valence-corrected chi connectivity index (χ0v) is 18.0. The first kappa shape index (κ1) is 22.9. The number of unbranched alkanes of at least 4 members (excludes halogenated alkanes) is 2. The van der Waals surface area contributed by atoms with Gasteiger partial charge in [-0.1, -0.05) is 26.2 Å². The van der Waals surface area contributed by atoms with E-state index in [1.165, 1.54) is 19.5 Å². The first-order chi connectivity index (χ1) is 15.0. The molecular formula is C21H31N5O5. The fraction of sp³-hybridized carbons (Fsp3) is 0.667. The molecule has 1 aromatic rings. The molecule has 1 saturated carbocycles. The molecule has 1 saturated heterocycles. The van der Waals surface area contributed by atoms with Crippen LogP contribution in [0.5, 0.6) is 5.88 Å². The van der Waals surface area contributed by atoms with E-state index < -0.39 is 17.9 Å². The molecule has 2 fully saturated rings. The minimum Gasteiger partial charge on any atom is -0.478 e. The lowest BCUT2D eigenvalue weighted by Crippen LogP contribution is -2.53. The summed E-state index contributed by atoms with van der Waals surface area (Å²) < 4.78 is 5.16. The number of hydrogen-bond donors (Lipinski definition) is 3. The first-order valence-electron chi connectivity index (χ1n) is 10.9. The number of piperidine rings is 1. The number of aromatic nitrogens is 2. The summed E-state index contributed by atoms with van der Waals surface area (Å²) in [6.07, 6.45) is 8.62. The highest BCUT2D eigenvalue weighted by Gasteiger charge is 2.52. The van der Waals surface area contributed by atoms with Crippen LogP contribution in [0.2, 0.25) is 0 Å². The van der Waals surface area contributed by atoms with Gasteiger partial charge in [-0.2, -0.15) is 0 Å². The van der Waals surface area contributed by atoms with Crippen molar-refractivity contribution in [3.8, 4) is 5.88 Å². The lowest BCUT2D eigenvalue weighted by atomic mass is 9.92. The Morgan fingerprint density at radius 2 is 2.03 bits per heavy atom. The van der Waals surface area contributed by atoms with Crippen molar-refractivity contribution in [3.05, 3.63) is 12.4 Å². The van der Waals surface area contributed by atoms with E-state index in [1.54, 1.807) is 10.4 Å². The minimum absolute atomic E-state index is 0.0112. The zero-order valence-electron chi connectivity index (χ0n) is 18.0. The van der Waals surface area contributed by atoms with Gasteiger partial charge in [0, 0.05) is 30.8 Å². The van der Waals surface area contributed by atoms with E-state index in [2.05, 4.69) is 22.2 Å². The Bertz CT molecular complexity index is 804. The average molecular weight is 434 g/mol. The number of nitrogens with one attached hydrogen (secondary N) is 2. The smallest absolute Gasteiger partial charge is 0.257 e. The number of anilines is 1. The molecule has 0 spiro atoms. The number of carbonyl (C=O) groups is 3. The normalized spacial score (nSPS) is 22.8. The standard InChI is InChI=1S/C21H31N5O5/c1-3-4-5-6-14(12-16(27)25-30)21(29)26-15-8-7-13(11-15)17(26)19(28)24-18-20(31-2)23-10-9-22-18/h9-10,13-15,17,30H,3-8,11-12H2,1-2H3,(H,25,27)(H,22,24,28)/t13-,14+,15+,17-/m0/s1. The van der Waals surface area contributed by atoms with E-state index in [0.717, 1.165) is 38.5 Å². The molecule has 2 aliphatic rings. The van der Waals surface area contributed by atoms with Gasteiger partial charge in [0.2, 0.25) is 17.7 Å². The molecular weight excluding hydrogens is 402 g/mol. The Morgan fingerprint density at radius 1 is 1.26 bits per heavy atom. The van der Waals surface area contributed by atoms with E-state index in [0.29, 0.717) is 6.42 Å². The van der Waals surface area contributed by atoms with Gasteiger partial charge in [-0.3, -0.25) is 19.6 Å². The summed E-state index contributed by atoms with van der Waals surface area (Å²) in [5, 5.41) is 11.7. The highest BCUT2D eigenvalue weighted by molar-refractivity contribution is 5.99. The van der Waals surface area contributed by atoms with Gasteiger partial charge in [-0.25, -0.2) is 15.4 Å². The third-order valence-electron chi connectivity index (χ3n) is 6.27. The second-order valence-corrected chi connectivity index (χ2v) is 8.25. The van der Waals surface area contributed by atoms with Crippen molar-refractivity contribution in [1.29, 1.82) is 0 Å². The molecule has 10 nitrogen and oxygen atoms in total. The highest BCUT2D eigenvalue weighted by Crippen LogP contribution is 2.44. The topological polar surface area (TPSA) is 134 Å². The molecule has 2 heterocycles. The van der Waals surface area contributed by atoms with Gasteiger partial charge >= 0.3 is 0 Å². The maximum atomic E-state index is 13.5. The zero-order chi connectivity index (χ0) is 22.4. The van der Waals surface area contributed by atoms with Crippen LogP contribution < -0.4 is 15.5 Å². The molecule has 4 atom stereocenters. The number of amides is 3. The van der Waals surface area contributed by atoms with Crippen molar-refractivity contribution in [2.75, 3.05) is 12.4 Å². The minimum atomic E-state index is -0.621. The van der Waals surface area contributed by atoms with Crippen LogP contribution >= 0.6 is 0 Å². The Morgan fingerprint density at radius 3 is 2.74 bits per heavy atom. The number of fused-ring (bicyclic) bond motifs is 2. The predicted octanol–water partition coefficient (Wildman–Crippen LogP) is 1.90. The van der Waals surface area contributed by atoms with Crippen molar-refractivity contribution < 1.29 is 24.3 Å². The third kappa shape index (κ3) is 5.12. The van der Waals surface area contributed by atoms with Gasteiger partial charge in [0.15, 0.2) is 5.82 Å². The van der Waals surface area contributed by atoms with Gasteiger partial charge in [-0.05, 0) is 31.6 Å². The Kier molecular flexibility index (Phi) is 7.78. The van der Waals surface area contributed by atoms with Crippen molar-refractivity contribution in [3.63, 3.8) is 0 Å². The number of ether oxygens (including phenoxy) is 1. The van der Waals surface area contributed by atoms with E-state index in [4.69, 9.17) is 9.94 Å². The summed E-state index contributed by atoms with van der Waals surface area (Å²) >= 11 is 0. The van der Waals surface area contributed by atoms with Crippen LogP contribution in [0.4, 0.5) is 5.82 Å². The first-order valence-corrected chi connectivity index (χ1v) is 10.9. The fourth-order valence-corrected chi connectivity index (χ4v) is 4.83. The monoisotopic (exact) mass is 433 g/mol. The number of carbonyl (C=O) groups excluding carboxylic acids is 3. The molecule has 1 aliphatic heterocycles. The summed E-state index contributed by atoms with van der Waals surface area (Å²) in [6, 6.07) is -0.633. The summed E-state index contributed by atoms with van der Waals surface area (Å²) in [5.41, 5.74) is 1.63. The lowest BCUT2D eigenvalue weighted by molar-refractivity contribution is -0.147. The maximum Gasteiger partial charge on any atom is 0.257 e. The van der Waals surface area contributed by atoms with Crippen molar-refractivity contribution >= 4 is 23.5 Å². The largest absolute Gasteiger partial charge is 0.478 e. The molecule has 3 rings (SSSR count). The second kappa shape index (κ2) is 10.5. The van der Waals surface area contributed by atoms with Gasteiger partial charge in [0.25, 0.3) is 5.88 Å². The Labute approximate surface area is 181 Å². The van der Waals surface area contributed by atoms with E-state index in [1.807, 2.05) is 0 Å². The summed E-state index contributed by atoms with van der Waals surface area (Å²) in [5.74, 6) is -1.20. The summed E-state index contributed by atoms with van der Waals surface area (Å²) in [4.78, 5) is 48.4. The van der Waals surface area contributed by atoms with Crippen LogP contribution in [-0.4, -0.2) is 57.0 Å². The van der Waals surface area contributed by atoms with Crippen LogP contribution in [0.25, 0.3) is 0 Å². The molecule has 170 valence electrons. The van der Waals surface area contributed by atoms with Gasteiger partial charge in [-0.15, -0.1) is 0 Å². The summed E-state index contributed by atoms with van der Waals surface area (Å²) in [7, 11) is 1.44. The second-order valence-electron chi connectivity index (χ2n) is 8.25. The average Bonchev–Trinajstić information content (AvgIpc) is 3.40. The molecule has 0 unspecified atom stereocenters. The molecule has 1 aromatic heterocycles. The van der Waals surface area contributed by atoms with Crippen molar-refractivity contribution in [1.82, 2.24) is 20.3 Å². The maximum absolute atomic E-state index is 13.5. The third-order valence-corrected chi connectivity index (χ3v) is 6.27. The number of hydrogen-bond acceptors (Lipinski definition) is 7. The van der Waals surface area contributed by atoms with Gasteiger partial charge in [0.05, 0.1) is 7.11 Å². The van der Waals surface area contributed by atoms with Crippen molar-refractivity contribution in [2.45, 2.75) is 70.4 Å². The number of likely N-dealkylation sites (tertiary alicyclic amines) is 1. The van der Waals surface area contributed by atoms with Gasteiger partial charge < -0.3 is 15.0 Å². The number of nitrogens with zero attached hydrogens (tertiary/aromatic N) is 3. The number of methoxy groups -OCH3 is 1. The highest BCUT2D eigenvalue weighted by atomic mass is 16.5. The molecule has 2 bridgehead atoms. The molecule has 3 amide bonds. The lowest BCUT2D eigenvalue weighted by Gasteiger charge is -2.36. The van der Waals surface area contributed by atoms with Crippen LogP contribution in [-0.2, 0) is 14.4 Å². The van der Waals surface area contributed by atoms with E-state index >= 15 is 0 Å². The van der Waals surface area contributed by atoms with Crippen LogP contribution in [0.3, 0.4) is 0 Å². The van der Waals surface area contributed by atoms with E-state index in [-0.39, 0.29) is 41.9 Å². The van der Waals surface area contributed by atoms with Crippen LogP contribution in [0, 0.1) is 11.8 Å². The van der Waals surface area contributed by atoms with Crippen LogP contribution in [0.1, 0.15) is 58.3 Å². The SMILES string of the molecule is CCCCC[C@H](CC(=O)NO)C(=O)N1[C@@H]2CC[C@@H](C2)[C@H]1C(=O)Nc1nccnc1OC. The van der Waals surface area contributed by atoms with Crippen LogP contribution in [0.15, 0.2) is 12.4 Å². The molecule has 0 radical (unpaired) electrons. The molecule has 0 aromatic carbocycles. The number of hydroxylamine groups is 1. The Balaban J connectivity index is 1.79.